The second-order valence-corrected chi connectivity index (χ2v) is 7.99. The predicted octanol–water partition coefficient (Wildman–Crippen LogP) is 2.22. The van der Waals surface area contributed by atoms with Crippen molar-refractivity contribution in [1.29, 1.82) is 0 Å². The summed E-state index contributed by atoms with van der Waals surface area (Å²) >= 11 is 0. The summed E-state index contributed by atoms with van der Waals surface area (Å²) in [5.74, 6) is -0.575. The first-order valence-corrected chi connectivity index (χ1v) is 10.1. The van der Waals surface area contributed by atoms with Gasteiger partial charge in [-0.25, -0.2) is 18.5 Å². The average molecular weight is 452 g/mol. The van der Waals surface area contributed by atoms with Crippen LogP contribution in [0.1, 0.15) is 5.56 Å². The Morgan fingerprint density at radius 3 is 2.19 bits per heavy atom. The molecular formula is C19H15F3N4O4S. The summed E-state index contributed by atoms with van der Waals surface area (Å²) < 4.78 is 61.4. The van der Waals surface area contributed by atoms with Gasteiger partial charge in [-0.05, 0) is 36.4 Å². The van der Waals surface area contributed by atoms with Gasteiger partial charge < -0.3 is 5.32 Å². The summed E-state index contributed by atoms with van der Waals surface area (Å²) in [6.45, 7) is -0.379. The molecule has 12 heteroatoms. The van der Waals surface area contributed by atoms with Crippen LogP contribution in [-0.4, -0.2) is 23.9 Å². The van der Waals surface area contributed by atoms with Crippen molar-refractivity contribution in [1.82, 2.24) is 9.55 Å². The number of nitrogens with zero attached hydrogens (tertiary/aromatic N) is 2. The molecular weight excluding hydrogens is 437 g/mol. The number of carbonyl (C=O) groups excluding carboxylic acids is 1. The second kappa shape index (κ2) is 8.32. The quantitative estimate of drug-likeness (QED) is 0.614. The zero-order valence-electron chi connectivity index (χ0n) is 15.6. The van der Waals surface area contributed by atoms with Crippen LogP contribution in [0.4, 0.5) is 18.9 Å². The number of hydrogen-bond acceptors (Lipinski definition) is 5. The number of hydrogen-bond donors (Lipinski definition) is 2. The maximum atomic E-state index is 12.6. The maximum absolute atomic E-state index is 12.6. The lowest BCUT2D eigenvalue weighted by Gasteiger charge is -2.09. The first kappa shape index (κ1) is 22.2. The van der Waals surface area contributed by atoms with Crippen molar-refractivity contribution >= 4 is 21.6 Å². The van der Waals surface area contributed by atoms with Gasteiger partial charge in [0.25, 0.3) is 5.56 Å². The van der Waals surface area contributed by atoms with Crippen molar-refractivity contribution in [3.05, 3.63) is 76.8 Å². The van der Waals surface area contributed by atoms with E-state index in [1.807, 2.05) is 0 Å². The second-order valence-electron chi connectivity index (χ2n) is 6.43. The van der Waals surface area contributed by atoms with Gasteiger partial charge in [0.15, 0.2) is 0 Å². The molecule has 0 atom stereocenters. The number of primary sulfonamides is 1. The Balaban J connectivity index is 1.70. The lowest BCUT2D eigenvalue weighted by molar-refractivity contribution is -0.137. The molecule has 0 fully saturated rings. The summed E-state index contributed by atoms with van der Waals surface area (Å²) in [5, 5.41) is 7.49. The van der Waals surface area contributed by atoms with Gasteiger partial charge in [-0.3, -0.25) is 14.2 Å². The Morgan fingerprint density at radius 2 is 1.68 bits per heavy atom. The average Bonchev–Trinajstić information content (AvgIpc) is 2.68. The zero-order chi connectivity index (χ0) is 22.8. The number of rotatable bonds is 5. The molecule has 8 nitrogen and oxygen atoms in total. The van der Waals surface area contributed by atoms with Crippen LogP contribution in [0.2, 0.25) is 0 Å². The highest BCUT2D eigenvalue weighted by atomic mass is 32.2. The first-order chi connectivity index (χ1) is 14.4. The van der Waals surface area contributed by atoms with Gasteiger partial charge in [-0.15, -0.1) is 0 Å². The van der Waals surface area contributed by atoms with Crippen molar-refractivity contribution in [2.75, 3.05) is 5.32 Å². The molecule has 0 saturated heterocycles. The number of aromatic nitrogens is 2. The van der Waals surface area contributed by atoms with E-state index in [2.05, 4.69) is 10.3 Å². The highest BCUT2D eigenvalue weighted by Gasteiger charge is 2.30. The minimum Gasteiger partial charge on any atom is -0.325 e. The van der Waals surface area contributed by atoms with Gasteiger partial charge in [0.2, 0.25) is 15.9 Å². The van der Waals surface area contributed by atoms with Crippen LogP contribution in [0.3, 0.4) is 0 Å². The van der Waals surface area contributed by atoms with Crippen LogP contribution in [-0.2, 0) is 27.5 Å². The largest absolute Gasteiger partial charge is 0.416 e. The van der Waals surface area contributed by atoms with Crippen LogP contribution in [0, 0.1) is 0 Å². The third-order valence-corrected chi connectivity index (χ3v) is 5.10. The summed E-state index contributed by atoms with van der Waals surface area (Å²) in [4.78, 5) is 28.3. The number of carbonyl (C=O) groups is 1. The molecule has 3 aromatic rings. The fourth-order valence-corrected chi connectivity index (χ4v) is 3.13. The minimum absolute atomic E-state index is 0.121. The molecule has 162 valence electrons. The monoisotopic (exact) mass is 452 g/mol. The van der Waals surface area contributed by atoms with E-state index in [0.717, 1.165) is 29.1 Å². The van der Waals surface area contributed by atoms with Crippen molar-refractivity contribution in [3.8, 4) is 11.3 Å². The number of alkyl halides is 3. The van der Waals surface area contributed by atoms with E-state index in [1.54, 1.807) is 0 Å². The van der Waals surface area contributed by atoms with Gasteiger partial charge in [0.1, 0.15) is 6.54 Å². The van der Waals surface area contributed by atoms with E-state index in [0.29, 0.717) is 11.3 Å². The van der Waals surface area contributed by atoms with Crippen LogP contribution >= 0.6 is 0 Å². The lowest BCUT2D eigenvalue weighted by atomic mass is 10.1. The van der Waals surface area contributed by atoms with Crippen molar-refractivity contribution < 1.29 is 26.4 Å². The van der Waals surface area contributed by atoms with E-state index >= 15 is 0 Å². The van der Waals surface area contributed by atoms with E-state index in [-0.39, 0.29) is 17.1 Å². The SMILES string of the molecule is NS(=O)(=O)c1ccc(NC(=O)Cn2cnc(-c3ccc(C(F)(F)F)cc3)cc2=O)cc1. The minimum atomic E-state index is -4.47. The molecule has 0 spiro atoms. The molecule has 0 unspecified atom stereocenters. The zero-order valence-corrected chi connectivity index (χ0v) is 16.4. The highest BCUT2D eigenvalue weighted by Crippen LogP contribution is 2.30. The van der Waals surface area contributed by atoms with E-state index in [1.165, 1.54) is 36.4 Å². The summed E-state index contributed by atoms with van der Waals surface area (Å²) in [5.41, 5.74) is -0.631. The molecule has 1 aromatic heterocycles. The Hall–Kier alpha value is -3.51. The normalized spacial score (nSPS) is 11.9. The Morgan fingerprint density at radius 1 is 1.06 bits per heavy atom. The number of benzene rings is 2. The van der Waals surface area contributed by atoms with Crippen LogP contribution in [0.5, 0.6) is 0 Å². The van der Waals surface area contributed by atoms with Crippen LogP contribution in [0.15, 0.2) is 70.6 Å². The highest BCUT2D eigenvalue weighted by molar-refractivity contribution is 7.89. The molecule has 31 heavy (non-hydrogen) atoms. The van der Waals surface area contributed by atoms with Crippen molar-refractivity contribution in [2.24, 2.45) is 5.14 Å². The van der Waals surface area contributed by atoms with Gasteiger partial charge in [0, 0.05) is 17.3 Å². The van der Waals surface area contributed by atoms with Crippen molar-refractivity contribution in [2.45, 2.75) is 17.6 Å². The molecule has 0 aliphatic rings. The smallest absolute Gasteiger partial charge is 0.325 e. The molecule has 0 aliphatic carbocycles. The van der Waals surface area contributed by atoms with Gasteiger partial charge in [0.05, 0.1) is 22.5 Å². The maximum Gasteiger partial charge on any atom is 0.416 e. The first-order valence-electron chi connectivity index (χ1n) is 8.60. The lowest BCUT2D eigenvalue weighted by Crippen LogP contribution is -2.27. The molecule has 0 bridgehead atoms. The predicted molar refractivity (Wildman–Crippen MR) is 105 cm³/mol. The molecule has 2 aromatic carbocycles. The number of nitrogens with two attached hydrogens (primary N) is 1. The molecule has 3 rings (SSSR count). The molecule has 1 amide bonds. The standard InChI is InChI=1S/C19H15F3N4O4S/c20-19(21,22)13-3-1-12(2-4-13)16-9-18(28)26(11-24-16)10-17(27)25-14-5-7-15(8-6-14)31(23,29)30/h1-9,11H,10H2,(H,25,27)(H2,23,29,30). The fourth-order valence-electron chi connectivity index (χ4n) is 2.62. The van der Waals surface area contributed by atoms with Gasteiger partial charge in [-0.2, -0.15) is 13.2 Å². The van der Waals surface area contributed by atoms with Crippen molar-refractivity contribution in [3.63, 3.8) is 0 Å². The van der Waals surface area contributed by atoms with E-state index in [4.69, 9.17) is 5.14 Å². The van der Waals surface area contributed by atoms with Gasteiger partial charge >= 0.3 is 6.18 Å². The number of nitrogens with one attached hydrogen (secondary N) is 1. The van der Waals surface area contributed by atoms with E-state index in [9.17, 15) is 31.2 Å². The van der Waals surface area contributed by atoms with Crippen LogP contribution < -0.4 is 16.0 Å². The van der Waals surface area contributed by atoms with Gasteiger partial charge in [-0.1, -0.05) is 12.1 Å². The Bertz CT molecular complexity index is 1270. The number of anilines is 1. The number of sulfonamides is 1. The summed E-state index contributed by atoms with van der Waals surface area (Å²) in [7, 11) is -3.86. The Kier molecular flexibility index (Phi) is 5.95. The molecule has 1 heterocycles. The van der Waals surface area contributed by atoms with E-state index < -0.39 is 33.2 Å². The molecule has 3 N–H and O–H groups in total. The fraction of sp³-hybridized carbons (Fsp3) is 0.105. The third kappa shape index (κ3) is 5.55. The third-order valence-electron chi connectivity index (χ3n) is 4.17. The molecule has 0 radical (unpaired) electrons. The number of halogens is 3. The number of amides is 1. The summed E-state index contributed by atoms with van der Waals surface area (Å²) in [6.07, 6.45) is -3.36. The summed E-state index contributed by atoms with van der Waals surface area (Å²) in [6, 6.07) is 10.4. The Labute approximate surface area is 174 Å². The molecule has 0 aliphatic heterocycles. The topological polar surface area (TPSA) is 124 Å². The van der Waals surface area contributed by atoms with Crippen LogP contribution in [0.25, 0.3) is 11.3 Å². The molecule has 0 saturated carbocycles.